The van der Waals surface area contributed by atoms with Crippen molar-refractivity contribution in [1.82, 2.24) is 10.2 Å². The largest absolute Gasteiger partial charge is 0.497 e. The second kappa shape index (κ2) is 5.29. The molecule has 4 heteroatoms. The molecule has 0 saturated carbocycles. The van der Waals surface area contributed by atoms with Gasteiger partial charge in [-0.25, -0.2) is 4.79 Å². The van der Waals surface area contributed by atoms with Crippen molar-refractivity contribution >= 4 is 6.03 Å². The number of rotatable bonds is 4. The Morgan fingerprint density at radius 2 is 2.06 bits per heavy atom. The number of ether oxygens (including phenoxy) is 1. The van der Waals surface area contributed by atoms with Crippen molar-refractivity contribution in [2.45, 2.75) is 32.4 Å². The zero-order valence-corrected chi connectivity index (χ0v) is 11.1. The minimum atomic E-state index is 0.0449. The number of nitrogens with one attached hydrogen (secondary N) is 1. The predicted octanol–water partition coefficient (Wildman–Crippen LogP) is 2.04. The van der Waals surface area contributed by atoms with E-state index in [4.69, 9.17) is 4.74 Å². The summed E-state index contributed by atoms with van der Waals surface area (Å²) in [6.45, 7) is 4.85. The maximum atomic E-state index is 11.7. The molecule has 0 radical (unpaired) electrons. The Labute approximate surface area is 108 Å². The van der Waals surface area contributed by atoms with Crippen molar-refractivity contribution < 1.29 is 9.53 Å². The first-order chi connectivity index (χ1) is 8.60. The minimum Gasteiger partial charge on any atom is -0.497 e. The lowest BCUT2D eigenvalue weighted by Gasteiger charge is -2.18. The van der Waals surface area contributed by atoms with Gasteiger partial charge in [-0.3, -0.25) is 0 Å². The molecule has 0 aliphatic carbocycles. The average molecular weight is 248 g/mol. The summed E-state index contributed by atoms with van der Waals surface area (Å²) in [4.78, 5) is 13.6. The summed E-state index contributed by atoms with van der Waals surface area (Å²) in [5, 5.41) is 3.02. The fraction of sp³-hybridized carbons (Fsp3) is 0.500. The van der Waals surface area contributed by atoms with E-state index < -0.39 is 0 Å². The summed E-state index contributed by atoms with van der Waals surface area (Å²) >= 11 is 0. The van der Waals surface area contributed by atoms with Gasteiger partial charge in [0.15, 0.2) is 0 Å². The van der Waals surface area contributed by atoms with Crippen LogP contribution in [-0.4, -0.2) is 36.7 Å². The Balaban J connectivity index is 1.96. The molecule has 1 atom stereocenters. The fourth-order valence-electron chi connectivity index (χ4n) is 2.23. The molecule has 1 aromatic carbocycles. The van der Waals surface area contributed by atoms with Crippen LogP contribution >= 0.6 is 0 Å². The van der Waals surface area contributed by atoms with Gasteiger partial charge in [-0.15, -0.1) is 0 Å². The molecule has 98 valence electrons. The van der Waals surface area contributed by atoms with Crippen LogP contribution in [0.1, 0.15) is 19.4 Å². The molecular formula is C14H20N2O2. The van der Waals surface area contributed by atoms with Crippen LogP contribution in [0.5, 0.6) is 5.75 Å². The Morgan fingerprint density at radius 1 is 1.39 bits per heavy atom. The van der Waals surface area contributed by atoms with Crippen molar-refractivity contribution in [1.29, 1.82) is 0 Å². The third-order valence-corrected chi connectivity index (χ3v) is 3.27. The molecule has 0 bridgehead atoms. The molecule has 2 rings (SSSR count). The summed E-state index contributed by atoms with van der Waals surface area (Å²) in [6, 6.07) is 8.49. The number of hydrogen-bond acceptors (Lipinski definition) is 2. The highest BCUT2D eigenvalue weighted by Crippen LogP contribution is 2.16. The summed E-state index contributed by atoms with van der Waals surface area (Å²) in [7, 11) is 1.66. The topological polar surface area (TPSA) is 41.6 Å². The molecule has 1 N–H and O–H groups in total. The summed E-state index contributed by atoms with van der Waals surface area (Å²) in [5.41, 5.74) is 1.21. The van der Waals surface area contributed by atoms with Gasteiger partial charge in [0, 0.05) is 12.6 Å². The first-order valence-corrected chi connectivity index (χ1v) is 6.30. The molecule has 1 aliphatic rings. The van der Waals surface area contributed by atoms with Gasteiger partial charge >= 0.3 is 6.03 Å². The van der Waals surface area contributed by atoms with E-state index in [1.807, 2.05) is 43.0 Å². The van der Waals surface area contributed by atoms with E-state index in [-0.39, 0.29) is 18.1 Å². The van der Waals surface area contributed by atoms with Gasteiger partial charge < -0.3 is 15.0 Å². The number of carbonyl (C=O) groups excluding carboxylic acids is 1. The van der Waals surface area contributed by atoms with Gasteiger partial charge in [0.05, 0.1) is 13.2 Å². The van der Waals surface area contributed by atoms with Gasteiger partial charge in [-0.2, -0.15) is 0 Å². The minimum absolute atomic E-state index is 0.0449. The number of nitrogens with zero attached hydrogens (tertiary/aromatic N) is 1. The van der Waals surface area contributed by atoms with E-state index >= 15 is 0 Å². The molecule has 0 unspecified atom stereocenters. The maximum Gasteiger partial charge on any atom is 0.317 e. The molecular weight excluding hydrogens is 228 g/mol. The summed E-state index contributed by atoms with van der Waals surface area (Å²) < 4.78 is 5.13. The molecule has 4 nitrogen and oxygen atoms in total. The molecule has 1 aliphatic heterocycles. The number of urea groups is 1. The van der Waals surface area contributed by atoms with Gasteiger partial charge in [-0.05, 0) is 38.0 Å². The summed E-state index contributed by atoms with van der Waals surface area (Å²) in [5.74, 6) is 0.859. The van der Waals surface area contributed by atoms with Gasteiger partial charge in [0.2, 0.25) is 0 Å². The molecule has 0 aromatic heterocycles. The highest BCUT2D eigenvalue weighted by Gasteiger charge is 2.30. The van der Waals surface area contributed by atoms with E-state index in [2.05, 4.69) is 5.32 Å². The highest BCUT2D eigenvalue weighted by molar-refractivity contribution is 5.77. The van der Waals surface area contributed by atoms with Crippen LogP contribution in [0.25, 0.3) is 0 Å². The predicted molar refractivity (Wildman–Crippen MR) is 70.9 cm³/mol. The third kappa shape index (κ3) is 2.75. The standard InChI is InChI=1S/C14H20N2O2/c1-10(2)16-9-12(15-14(16)17)8-11-4-6-13(18-3)7-5-11/h4-7,10,12H,8-9H2,1-3H3,(H,15,17)/t12-/m1/s1. The smallest absolute Gasteiger partial charge is 0.317 e. The molecule has 1 heterocycles. The van der Waals surface area contributed by atoms with Crippen molar-refractivity contribution in [3.8, 4) is 5.75 Å². The normalized spacial score (nSPS) is 19.2. The second-order valence-corrected chi connectivity index (χ2v) is 4.94. The molecule has 1 saturated heterocycles. The Morgan fingerprint density at radius 3 is 2.56 bits per heavy atom. The number of benzene rings is 1. The zero-order valence-electron chi connectivity index (χ0n) is 11.1. The lowest BCUT2D eigenvalue weighted by molar-refractivity contribution is 0.206. The monoisotopic (exact) mass is 248 g/mol. The van der Waals surface area contributed by atoms with E-state index in [1.54, 1.807) is 7.11 Å². The molecule has 1 aromatic rings. The number of carbonyl (C=O) groups is 1. The van der Waals surface area contributed by atoms with E-state index in [0.29, 0.717) is 0 Å². The first kappa shape index (κ1) is 12.7. The SMILES string of the molecule is COc1ccc(C[C@@H]2CN(C(C)C)C(=O)N2)cc1. The van der Waals surface area contributed by atoms with Crippen LogP contribution in [0.4, 0.5) is 4.79 Å². The van der Waals surface area contributed by atoms with Crippen molar-refractivity contribution in [2.75, 3.05) is 13.7 Å². The van der Waals surface area contributed by atoms with Crippen LogP contribution in [0.2, 0.25) is 0 Å². The lowest BCUT2D eigenvalue weighted by Crippen LogP contribution is -2.33. The van der Waals surface area contributed by atoms with Crippen molar-refractivity contribution in [2.24, 2.45) is 0 Å². The van der Waals surface area contributed by atoms with Gasteiger partial charge in [0.1, 0.15) is 5.75 Å². The zero-order chi connectivity index (χ0) is 13.1. The van der Waals surface area contributed by atoms with Crippen LogP contribution in [-0.2, 0) is 6.42 Å². The Bertz CT molecular complexity index is 414. The third-order valence-electron chi connectivity index (χ3n) is 3.27. The maximum absolute atomic E-state index is 11.7. The van der Waals surface area contributed by atoms with E-state index in [0.717, 1.165) is 18.7 Å². The summed E-state index contributed by atoms with van der Waals surface area (Å²) in [6.07, 6.45) is 0.860. The van der Waals surface area contributed by atoms with Crippen molar-refractivity contribution in [3.63, 3.8) is 0 Å². The average Bonchev–Trinajstić information content (AvgIpc) is 2.71. The second-order valence-electron chi connectivity index (χ2n) is 4.94. The molecule has 0 spiro atoms. The quantitative estimate of drug-likeness (QED) is 0.886. The number of methoxy groups -OCH3 is 1. The lowest BCUT2D eigenvalue weighted by atomic mass is 10.1. The fourth-order valence-corrected chi connectivity index (χ4v) is 2.23. The van der Waals surface area contributed by atoms with Crippen LogP contribution < -0.4 is 10.1 Å². The Kier molecular flexibility index (Phi) is 3.75. The van der Waals surface area contributed by atoms with Crippen LogP contribution in [0.15, 0.2) is 24.3 Å². The van der Waals surface area contributed by atoms with E-state index in [9.17, 15) is 4.79 Å². The number of amides is 2. The molecule has 18 heavy (non-hydrogen) atoms. The van der Waals surface area contributed by atoms with Gasteiger partial charge in [-0.1, -0.05) is 12.1 Å². The van der Waals surface area contributed by atoms with Crippen LogP contribution in [0.3, 0.4) is 0 Å². The first-order valence-electron chi connectivity index (χ1n) is 6.30. The number of hydrogen-bond donors (Lipinski definition) is 1. The highest BCUT2D eigenvalue weighted by atomic mass is 16.5. The van der Waals surface area contributed by atoms with Crippen molar-refractivity contribution in [3.05, 3.63) is 29.8 Å². The Hall–Kier alpha value is -1.71. The molecule has 2 amide bonds. The molecule has 1 fully saturated rings. The van der Waals surface area contributed by atoms with Gasteiger partial charge in [0.25, 0.3) is 0 Å². The van der Waals surface area contributed by atoms with Crippen LogP contribution in [0, 0.1) is 0 Å². The van der Waals surface area contributed by atoms with E-state index in [1.165, 1.54) is 5.56 Å².